The van der Waals surface area contributed by atoms with Crippen LogP contribution in [0.25, 0.3) is 11.0 Å². The van der Waals surface area contributed by atoms with Gasteiger partial charge in [-0.05, 0) is 37.5 Å². The highest BCUT2D eigenvalue weighted by molar-refractivity contribution is 5.95. The van der Waals surface area contributed by atoms with E-state index in [1.807, 2.05) is 13.0 Å². The van der Waals surface area contributed by atoms with Gasteiger partial charge in [-0.25, -0.2) is 9.59 Å². The average molecular weight is 357 g/mol. The van der Waals surface area contributed by atoms with Gasteiger partial charge < -0.3 is 19.5 Å². The van der Waals surface area contributed by atoms with Gasteiger partial charge in [-0.15, -0.1) is 0 Å². The molecule has 1 atom stereocenters. The normalized spacial score (nSPS) is 17.2. The molecular formula is C19H23N3O4. The fourth-order valence-corrected chi connectivity index (χ4v) is 3.29. The molecule has 0 bridgehead atoms. The fraction of sp³-hybridized carbons (Fsp3) is 0.421. The number of carbonyl (C=O) groups is 2. The highest BCUT2D eigenvalue weighted by Gasteiger charge is 2.29. The van der Waals surface area contributed by atoms with Crippen LogP contribution in [0.1, 0.15) is 18.4 Å². The molecule has 1 unspecified atom stereocenters. The highest BCUT2D eigenvalue weighted by atomic mass is 16.4. The van der Waals surface area contributed by atoms with Crippen molar-refractivity contribution in [2.45, 2.75) is 19.8 Å². The maximum Gasteiger partial charge on any atom is 0.336 e. The third-order valence-electron chi connectivity index (χ3n) is 4.66. The first kappa shape index (κ1) is 18.0. The van der Waals surface area contributed by atoms with Crippen molar-refractivity contribution in [3.8, 4) is 0 Å². The second kappa shape index (κ2) is 7.19. The number of rotatable bonds is 2. The first-order valence-corrected chi connectivity index (χ1v) is 8.67. The van der Waals surface area contributed by atoms with Crippen molar-refractivity contribution in [3.63, 3.8) is 0 Å². The summed E-state index contributed by atoms with van der Waals surface area (Å²) in [5.74, 6) is -0.386. The van der Waals surface area contributed by atoms with Crippen molar-refractivity contribution < 1.29 is 14.0 Å². The average Bonchev–Trinajstić information content (AvgIpc) is 2.60. The van der Waals surface area contributed by atoms with Crippen LogP contribution >= 0.6 is 0 Å². The Bertz CT molecular complexity index is 903. The zero-order valence-corrected chi connectivity index (χ0v) is 15.2. The van der Waals surface area contributed by atoms with E-state index >= 15 is 0 Å². The van der Waals surface area contributed by atoms with Gasteiger partial charge in [0.2, 0.25) is 5.91 Å². The topological polar surface area (TPSA) is 82.9 Å². The Labute approximate surface area is 151 Å². The molecular weight excluding hydrogens is 334 g/mol. The largest absolute Gasteiger partial charge is 0.423 e. The number of benzene rings is 1. The summed E-state index contributed by atoms with van der Waals surface area (Å²) in [6.07, 6.45) is 1.54. The Morgan fingerprint density at radius 2 is 2.04 bits per heavy atom. The van der Waals surface area contributed by atoms with Crippen molar-refractivity contribution in [3.05, 3.63) is 40.2 Å². The van der Waals surface area contributed by atoms with Gasteiger partial charge in [-0.3, -0.25) is 4.79 Å². The molecule has 1 saturated heterocycles. The molecule has 26 heavy (non-hydrogen) atoms. The van der Waals surface area contributed by atoms with Crippen LogP contribution in [0.2, 0.25) is 0 Å². The van der Waals surface area contributed by atoms with E-state index in [4.69, 9.17) is 4.42 Å². The molecule has 2 aromatic rings. The number of amides is 3. The molecule has 1 fully saturated rings. The summed E-state index contributed by atoms with van der Waals surface area (Å²) in [5.41, 5.74) is 1.44. The number of anilines is 1. The van der Waals surface area contributed by atoms with Gasteiger partial charge in [-0.1, -0.05) is 0 Å². The van der Waals surface area contributed by atoms with Gasteiger partial charge in [0.25, 0.3) is 0 Å². The molecule has 3 amide bonds. The van der Waals surface area contributed by atoms with E-state index in [0.717, 1.165) is 23.8 Å². The molecule has 0 radical (unpaired) electrons. The molecule has 0 spiro atoms. The smallest absolute Gasteiger partial charge is 0.336 e. The van der Waals surface area contributed by atoms with Crippen LogP contribution in [0.5, 0.6) is 0 Å². The fourth-order valence-electron chi connectivity index (χ4n) is 3.29. The quantitative estimate of drug-likeness (QED) is 0.837. The zero-order chi connectivity index (χ0) is 18.8. The van der Waals surface area contributed by atoms with Crippen molar-refractivity contribution >= 4 is 28.6 Å². The molecule has 1 aliphatic rings. The third kappa shape index (κ3) is 3.71. The predicted octanol–water partition coefficient (Wildman–Crippen LogP) is 2.43. The Morgan fingerprint density at radius 1 is 1.27 bits per heavy atom. The molecule has 0 aliphatic carbocycles. The van der Waals surface area contributed by atoms with E-state index in [-0.39, 0.29) is 17.9 Å². The van der Waals surface area contributed by atoms with Gasteiger partial charge in [0.15, 0.2) is 0 Å². The second-order valence-corrected chi connectivity index (χ2v) is 6.91. The lowest BCUT2D eigenvalue weighted by molar-refractivity contribution is -0.121. The van der Waals surface area contributed by atoms with Crippen molar-refractivity contribution in [2.24, 2.45) is 5.92 Å². The van der Waals surface area contributed by atoms with Gasteiger partial charge in [0.05, 0.1) is 5.92 Å². The Hall–Kier alpha value is -2.83. The molecule has 7 nitrogen and oxygen atoms in total. The standard InChI is InChI=1S/C19H23N3O4/c1-12-9-17(23)26-16-10-14(6-7-15(12)16)20-18(24)13-5-4-8-22(11-13)19(25)21(2)3/h6-7,9-10,13H,4-5,8,11H2,1-3H3,(H,20,24). The monoisotopic (exact) mass is 357 g/mol. The number of nitrogens with zero attached hydrogens (tertiary/aromatic N) is 2. The number of piperidine rings is 1. The molecule has 3 rings (SSSR count). The Morgan fingerprint density at radius 3 is 2.77 bits per heavy atom. The lowest BCUT2D eigenvalue weighted by atomic mass is 9.97. The van der Waals surface area contributed by atoms with E-state index < -0.39 is 5.63 Å². The van der Waals surface area contributed by atoms with Crippen LogP contribution in [0, 0.1) is 12.8 Å². The number of likely N-dealkylation sites (tertiary alicyclic amines) is 1. The van der Waals surface area contributed by atoms with Gasteiger partial charge in [0.1, 0.15) is 5.58 Å². The molecule has 0 saturated carbocycles. The van der Waals surface area contributed by atoms with Crippen LogP contribution < -0.4 is 10.9 Å². The van der Waals surface area contributed by atoms with Crippen molar-refractivity contribution in [1.82, 2.24) is 9.80 Å². The van der Waals surface area contributed by atoms with E-state index in [1.165, 1.54) is 11.0 Å². The number of nitrogens with one attached hydrogen (secondary N) is 1. The van der Waals surface area contributed by atoms with Gasteiger partial charge in [-0.2, -0.15) is 0 Å². The van der Waals surface area contributed by atoms with Gasteiger partial charge in [0, 0.05) is 50.4 Å². The van der Waals surface area contributed by atoms with Crippen LogP contribution in [-0.4, -0.2) is 48.9 Å². The van der Waals surface area contributed by atoms with Crippen LogP contribution in [0.4, 0.5) is 10.5 Å². The highest BCUT2D eigenvalue weighted by Crippen LogP contribution is 2.23. The predicted molar refractivity (Wildman–Crippen MR) is 99.2 cm³/mol. The lowest BCUT2D eigenvalue weighted by Crippen LogP contribution is -2.47. The summed E-state index contributed by atoms with van der Waals surface area (Å²) in [4.78, 5) is 39.5. The van der Waals surface area contributed by atoms with E-state index in [9.17, 15) is 14.4 Å². The van der Waals surface area contributed by atoms with Crippen molar-refractivity contribution in [1.29, 1.82) is 0 Å². The van der Waals surface area contributed by atoms with E-state index in [0.29, 0.717) is 24.4 Å². The van der Waals surface area contributed by atoms with Crippen LogP contribution in [-0.2, 0) is 4.79 Å². The number of aryl methyl sites for hydroxylation is 1. The van der Waals surface area contributed by atoms with Crippen LogP contribution in [0.3, 0.4) is 0 Å². The number of hydrogen-bond acceptors (Lipinski definition) is 4. The minimum atomic E-state index is -0.413. The molecule has 1 aliphatic heterocycles. The van der Waals surface area contributed by atoms with Gasteiger partial charge >= 0.3 is 11.7 Å². The maximum atomic E-state index is 12.6. The molecule has 1 aromatic heterocycles. The Balaban J connectivity index is 1.74. The summed E-state index contributed by atoms with van der Waals surface area (Å²) in [6, 6.07) is 6.64. The molecule has 1 N–H and O–H groups in total. The van der Waals surface area contributed by atoms with E-state index in [2.05, 4.69) is 5.32 Å². The van der Waals surface area contributed by atoms with Crippen molar-refractivity contribution in [2.75, 3.05) is 32.5 Å². The lowest BCUT2D eigenvalue weighted by Gasteiger charge is -2.33. The number of urea groups is 1. The molecule has 1 aromatic carbocycles. The summed E-state index contributed by atoms with van der Waals surface area (Å²) in [6.45, 7) is 2.92. The minimum Gasteiger partial charge on any atom is -0.423 e. The number of hydrogen-bond donors (Lipinski definition) is 1. The molecule has 2 heterocycles. The SMILES string of the molecule is Cc1cc(=O)oc2cc(NC(=O)C3CCCN(C(=O)N(C)C)C3)ccc12. The minimum absolute atomic E-state index is 0.0783. The number of fused-ring (bicyclic) bond motifs is 1. The molecule has 7 heteroatoms. The van der Waals surface area contributed by atoms with Crippen LogP contribution in [0.15, 0.2) is 33.5 Å². The summed E-state index contributed by atoms with van der Waals surface area (Å²) < 4.78 is 5.22. The molecule has 138 valence electrons. The first-order valence-electron chi connectivity index (χ1n) is 8.67. The van der Waals surface area contributed by atoms with E-state index in [1.54, 1.807) is 31.1 Å². The number of carbonyl (C=O) groups excluding carboxylic acids is 2. The summed E-state index contributed by atoms with van der Waals surface area (Å²) >= 11 is 0. The maximum absolute atomic E-state index is 12.6. The summed E-state index contributed by atoms with van der Waals surface area (Å²) in [7, 11) is 3.41. The Kier molecular flexibility index (Phi) is 4.97. The zero-order valence-electron chi connectivity index (χ0n) is 15.2. The second-order valence-electron chi connectivity index (χ2n) is 6.91. The third-order valence-corrected chi connectivity index (χ3v) is 4.66. The summed E-state index contributed by atoms with van der Waals surface area (Å²) in [5, 5.41) is 3.71. The first-order chi connectivity index (χ1) is 12.3.